The van der Waals surface area contributed by atoms with Crippen molar-refractivity contribution < 1.29 is 5.11 Å². The fourth-order valence-corrected chi connectivity index (χ4v) is 2.25. The van der Waals surface area contributed by atoms with Gasteiger partial charge >= 0.3 is 0 Å². The molecule has 94 valence electrons. The van der Waals surface area contributed by atoms with E-state index < -0.39 is 0 Å². The first-order valence-electron chi connectivity index (χ1n) is 6.12. The second-order valence-corrected chi connectivity index (χ2v) is 4.68. The lowest BCUT2D eigenvalue weighted by Crippen LogP contribution is -2.14. The zero-order chi connectivity index (χ0) is 12.3. The van der Waals surface area contributed by atoms with Gasteiger partial charge in [-0.25, -0.2) is 4.98 Å². The molecule has 1 aromatic rings. The molecule has 0 saturated heterocycles. The zero-order valence-corrected chi connectivity index (χ0v) is 10.4. The maximum Gasteiger partial charge on any atom is 0.224 e. The minimum Gasteiger partial charge on any atom is -0.393 e. The van der Waals surface area contributed by atoms with Crippen LogP contribution in [0.25, 0.3) is 0 Å². The standard InChI is InChI=1S/C12H20N4O/c1-8-5-11(16-12(13-2)15-8)14-7-9-3-4-10(17)6-9/h5,9-10,17H,3-4,6-7H2,1-2H3,(H2,13,14,15,16). The summed E-state index contributed by atoms with van der Waals surface area (Å²) in [5, 5.41) is 15.7. The SMILES string of the molecule is CNc1nc(C)cc(NCC2CCC(O)C2)n1. The fourth-order valence-electron chi connectivity index (χ4n) is 2.25. The van der Waals surface area contributed by atoms with Crippen LogP contribution < -0.4 is 10.6 Å². The summed E-state index contributed by atoms with van der Waals surface area (Å²) >= 11 is 0. The number of hydrogen-bond acceptors (Lipinski definition) is 5. The highest BCUT2D eigenvalue weighted by Gasteiger charge is 2.22. The van der Waals surface area contributed by atoms with Gasteiger partial charge in [0.05, 0.1) is 6.10 Å². The third-order valence-corrected chi connectivity index (χ3v) is 3.16. The van der Waals surface area contributed by atoms with Gasteiger partial charge in [-0.3, -0.25) is 0 Å². The van der Waals surface area contributed by atoms with E-state index in [1.54, 1.807) is 0 Å². The molecule has 1 aromatic heterocycles. The normalized spacial score (nSPS) is 23.7. The molecule has 1 fully saturated rings. The fraction of sp³-hybridized carbons (Fsp3) is 0.667. The van der Waals surface area contributed by atoms with Gasteiger partial charge in [-0.2, -0.15) is 4.98 Å². The highest BCUT2D eigenvalue weighted by Crippen LogP contribution is 2.25. The Hall–Kier alpha value is -1.36. The summed E-state index contributed by atoms with van der Waals surface area (Å²) in [4.78, 5) is 8.58. The van der Waals surface area contributed by atoms with Crippen molar-refractivity contribution in [3.63, 3.8) is 0 Å². The molecule has 1 aliphatic carbocycles. The molecule has 5 heteroatoms. The molecule has 5 nitrogen and oxygen atoms in total. The van der Waals surface area contributed by atoms with E-state index in [-0.39, 0.29) is 6.10 Å². The van der Waals surface area contributed by atoms with E-state index in [1.165, 1.54) is 0 Å². The van der Waals surface area contributed by atoms with Crippen LogP contribution in [-0.4, -0.2) is 34.8 Å². The first kappa shape index (κ1) is 12.1. The lowest BCUT2D eigenvalue weighted by atomic mass is 10.1. The molecular formula is C12H20N4O. The van der Waals surface area contributed by atoms with Crippen molar-refractivity contribution in [3.8, 4) is 0 Å². The Morgan fingerprint density at radius 1 is 1.41 bits per heavy atom. The van der Waals surface area contributed by atoms with Gasteiger partial charge < -0.3 is 15.7 Å². The molecule has 0 amide bonds. The Labute approximate surface area is 102 Å². The van der Waals surface area contributed by atoms with Crippen LogP contribution >= 0.6 is 0 Å². The summed E-state index contributed by atoms with van der Waals surface area (Å²) < 4.78 is 0. The van der Waals surface area contributed by atoms with E-state index in [4.69, 9.17) is 0 Å². The average molecular weight is 236 g/mol. The largest absolute Gasteiger partial charge is 0.393 e. The van der Waals surface area contributed by atoms with Gasteiger partial charge in [-0.1, -0.05) is 0 Å². The maximum atomic E-state index is 9.46. The van der Waals surface area contributed by atoms with Crippen LogP contribution in [0.1, 0.15) is 25.0 Å². The molecule has 2 rings (SSSR count). The van der Waals surface area contributed by atoms with Crippen molar-refractivity contribution in [2.24, 2.45) is 5.92 Å². The van der Waals surface area contributed by atoms with Gasteiger partial charge in [0.1, 0.15) is 5.82 Å². The molecule has 0 aliphatic heterocycles. The van der Waals surface area contributed by atoms with Crippen molar-refractivity contribution in [3.05, 3.63) is 11.8 Å². The second kappa shape index (κ2) is 5.31. The van der Waals surface area contributed by atoms with Crippen molar-refractivity contribution in [1.82, 2.24) is 9.97 Å². The summed E-state index contributed by atoms with van der Waals surface area (Å²) in [5.41, 5.74) is 0.943. The van der Waals surface area contributed by atoms with Crippen LogP contribution in [-0.2, 0) is 0 Å². The van der Waals surface area contributed by atoms with E-state index in [9.17, 15) is 5.11 Å². The van der Waals surface area contributed by atoms with Crippen molar-refractivity contribution >= 4 is 11.8 Å². The lowest BCUT2D eigenvalue weighted by molar-refractivity contribution is 0.178. The zero-order valence-electron chi connectivity index (χ0n) is 10.4. The number of aliphatic hydroxyl groups excluding tert-OH is 1. The van der Waals surface area contributed by atoms with Crippen LogP contribution in [0.4, 0.5) is 11.8 Å². The molecular weight excluding hydrogens is 216 g/mol. The Morgan fingerprint density at radius 3 is 2.88 bits per heavy atom. The third-order valence-electron chi connectivity index (χ3n) is 3.16. The number of nitrogens with one attached hydrogen (secondary N) is 2. The number of nitrogens with zero attached hydrogens (tertiary/aromatic N) is 2. The summed E-state index contributed by atoms with van der Waals surface area (Å²) in [7, 11) is 1.81. The molecule has 1 aliphatic rings. The minimum atomic E-state index is -0.109. The van der Waals surface area contributed by atoms with E-state index in [2.05, 4.69) is 20.6 Å². The molecule has 1 saturated carbocycles. The smallest absolute Gasteiger partial charge is 0.224 e. The van der Waals surface area contributed by atoms with Crippen LogP contribution in [0.15, 0.2) is 6.07 Å². The van der Waals surface area contributed by atoms with Crippen LogP contribution in [0.5, 0.6) is 0 Å². The number of rotatable bonds is 4. The highest BCUT2D eigenvalue weighted by molar-refractivity contribution is 5.41. The molecule has 17 heavy (non-hydrogen) atoms. The molecule has 3 N–H and O–H groups in total. The van der Waals surface area contributed by atoms with E-state index in [1.807, 2.05) is 20.0 Å². The van der Waals surface area contributed by atoms with Crippen molar-refractivity contribution in [1.29, 1.82) is 0 Å². The van der Waals surface area contributed by atoms with Gasteiger partial charge in [0.2, 0.25) is 5.95 Å². The molecule has 0 aromatic carbocycles. The minimum absolute atomic E-state index is 0.109. The van der Waals surface area contributed by atoms with Gasteiger partial charge in [0.25, 0.3) is 0 Å². The van der Waals surface area contributed by atoms with Gasteiger partial charge in [0, 0.05) is 25.4 Å². The first-order chi connectivity index (χ1) is 8.17. The number of aliphatic hydroxyl groups is 1. The predicted molar refractivity (Wildman–Crippen MR) is 68.2 cm³/mol. The Morgan fingerprint density at radius 2 is 2.24 bits per heavy atom. The number of anilines is 2. The number of aromatic nitrogens is 2. The lowest BCUT2D eigenvalue weighted by Gasteiger charge is -2.12. The summed E-state index contributed by atoms with van der Waals surface area (Å²) in [6.45, 7) is 2.82. The molecule has 1 heterocycles. The van der Waals surface area contributed by atoms with Gasteiger partial charge in [-0.05, 0) is 32.1 Å². The summed E-state index contributed by atoms with van der Waals surface area (Å²) in [6.07, 6.45) is 2.81. The van der Waals surface area contributed by atoms with Gasteiger partial charge in [-0.15, -0.1) is 0 Å². The monoisotopic (exact) mass is 236 g/mol. The molecule has 2 unspecified atom stereocenters. The third kappa shape index (κ3) is 3.30. The van der Waals surface area contributed by atoms with E-state index in [0.29, 0.717) is 11.9 Å². The molecule has 0 spiro atoms. The first-order valence-corrected chi connectivity index (χ1v) is 6.12. The summed E-state index contributed by atoms with van der Waals surface area (Å²) in [6, 6.07) is 1.94. The number of aryl methyl sites for hydroxylation is 1. The predicted octanol–water partition coefficient (Wildman–Crippen LogP) is 1.40. The van der Waals surface area contributed by atoms with Gasteiger partial charge in [0.15, 0.2) is 0 Å². The summed E-state index contributed by atoms with van der Waals surface area (Å²) in [5.74, 6) is 2.04. The molecule has 0 radical (unpaired) electrons. The average Bonchev–Trinajstić information content (AvgIpc) is 2.72. The maximum absolute atomic E-state index is 9.46. The van der Waals surface area contributed by atoms with Crippen LogP contribution in [0.3, 0.4) is 0 Å². The van der Waals surface area contributed by atoms with Crippen molar-refractivity contribution in [2.45, 2.75) is 32.3 Å². The second-order valence-electron chi connectivity index (χ2n) is 4.68. The van der Waals surface area contributed by atoms with Crippen molar-refractivity contribution in [2.75, 3.05) is 24.2 Å². The van der Waals surface area contributed by atoms with Crippen LogP contribution in [0.2, 0.25) is 0 Å². The Bertz CT molecular complexity index is 383. The molecule has 2 atom stereocenters. The number of hydrogen-bond donors (Lipinski definition) is 3. The van der Waals surface area contributed by atoms with Crippen LogP contribution in [0, 0.1) is 12.8 Å². The highest BCUT2D eigenvalue weighted by atomic mass is 16.3. The Kier molecular flexibility index (Phi) is 3.78. The quantitative estimate of drug-likeness (QED) is 0.737. The van der Waals surface area contributed by atoms with E-state index >= 15 is 0 Å². The topological polar surface area (TPSA) is 70.1 Å². The molecule has 0 bridgehead atoms. The Balaban J connectivity index is 1.92. The van der Waals surface area contributed by atoms with E-state index in [0.717, 1.165) is 37.3 Å².